The Bertz CT molecular complexity index is 224. The molecule has 3 atom stereocenters. The molecule has 0 saturated heterocycles. The molecule has 6 heteroatoms. The van der Waals surface area contributed by atoms with Gasteiger partial charge in [-0.25, -0.2) is 0 Å². The van der Waals surface area contributed by atoms with Crippen LogP contribution >= 0.6 is 31.9 Å². The van der Waals surface area contributed by atoms with Crippen LogP contribution in [0.3, 0.4) is 0 Å². The molecule has 0 aromatic heterocycles. The number of hydrogen-bond acceptors (Lipinski definition) is 3. The Morgan fingerprint density at radius 3 is 2.91 bits per heavy atom. The first kappa shape index (κ1) is 9.13. The molecule has 0 aromatic rings. The fraction of sp³-hybridized carbons (Fsp3) is 0.600. The van der Waals surface area contributed by atoms with Crippen LogP contribution in [-0.2, 0) is 0 Å². The number of rotatable bonds is 0. The summed E-state index contributed by atoms with van der Waals surface area (Å²) in [7, 11) is 0. The minimum Gasteiger partial charge on any atom is -0.633 e. The molecule has 0 radical (unpaired) electrons. The fourth-order valence-corrected chi connectivity index (χ4v) is 2.23. The Hall–Kier alpha value is 0.0400. The van der Waals surface area contributed by atoms with Crippen molar-refractivity contribution in [2.24, 2.45) is 4.99 Å². The fourth-order valence-electron chi connectivity index (χ4n) is 0.795. The van der Waals surface area contributed by atoms with Gasteiger partial charge in [0, 0.05) is 0 Å². The number of alkyl halides is 1. The predicted molar refractivity (Wildman–Crippen MR) is 47.7 cm³/mol. The molecule has 1 N–H and O–H groups in total. The van der Waals surface area contributed by atoms with Crippen LogP contribution in [0, 0.1) is 16.5 Å². The molecule has 1 aliphatic rings. The number of halogens is 2. The van der Waals surface area contributed by atoms with Gasteiger partial charge in [-0.15, -0.1) is 0 Å². The summed E-state index contributed by atoms with van der Waals surface area (Å²) >= 11 is 6.25. The van der Waals surface area contributed by atoms with Crippen LogP contribution < -0.4 is 5.06 Å². The van der Waals surface area contributed by atoms with Crippen LogP contribution in [-0.4, -0.2) is 22.2 Å². The van der Waals surface area contributed by atoms with Gasteiger partial charge in [0.1, 0.15) is 17.2 Å². The van der Waals surface area contributed by atoms with E-state index >= 15 is 0 Å². The first-order valence-electron chi connectivity index (χ1n) is 2.93. The zero-order chi connectivity index (χ0) is 8.43. The van der Waals surface area contributed by atoms with E-state index in [2.05, 4.69) is 36.9 Å². The van der Waals surface area contributed by atoms with E-state index in [-0.39, 0.29) is 16.6 Å². The van der Waals surface area contributed by atoms with Gasteiger partial charge in [0.15, 0.2) is 4.95 Å². The van der Waals surface area contributed by atoms with Crippen molar-refractivity contribution in [1.82, 2.24) is 0 Å². The van der Waals surface area contributed by atoms with Crippen molar-refractivity contribution < 1.29 is 5.06 Å². The molecule has 0 spiro atoms. The van der Waals surface area contributed by atoms with E-state index in [0.717, 1.165) is 0 Å². The average Bonchev–Trinajstić information content (AvgIpc) is 1.85. The van der Waals surface area contributed by atoms with Crippen molar-refractivity contribution in [2.45, 2.75) is 11.0 Å². The molecule has 1 rings (SSSR count). The second-order valence-electron chi connectivity index (χ2n) is 2.13. The second kappa shape index (κ2) is 3.63. The highest BCUT2D eigenvalue weighted by Crippen LogP contribution is 2.09. The van der Waals surface area contributed by atoms with Crippen molar-refractivity contribution in [2.75, 3.05) is 6.54 Å². The van der Waals surface area contributed by atoms with Gasteiger partial charge < -0.3 is 10.3 Å². The molecule has 0 aliphatic carbocycles. The van der Waals surface area contributed by atoms with E-state index in [9.17, 15) is 5.21 Å². The van der Waals surface area contributed by atoms with Gasteiger partial charge in [0.2, 0.25) is 6.04 Å². The standard InChI is InChI=1S/C5H5Br2N3O/c6-4-2-10(11)3(1-8)5(7)9-4/h3,5,10H,2H2. The monoisotopic (exact) mass is 281 g/mol. The molecular formula is C5H5Br2N3O. The van der Waals surface area contributed by atoms with Gasteiger partial charge in [-0.2, -0.15) is 5.26 Å². The van der Waals surface area contributed by atoms with E-state index in [4.69, 9.17) is 5.26 Å². The number of aliphatic imine (C=N–C) groups is 1. The highest BCUT2D eigenvalue weighted by atomic mass is 79.9. The summed E-state index contributed by atoms with van der Waals surface area (Å²) in [6.07, 6.45) is 0. The maximum Gasteiger partial charge on any atom is 0.207 e. The number of nitrogens with one attached hydrogen (secondary N) is 1. The molecule has 0 bridgehead atoms. The van der Waals surface area contributed by atoms with Gasteiger partial charge in [0.05, 0.1) is 0 Å². The molecule has 60 valence electrons. The third kappa shape index (κ3) is 1.99. The van der Waals surface area contributed by atoms with Gasteiger partial charge in [0.25, 0.3) is 0 Å². The van der Waals surface area contributed by atoms with E-state index < -0.39 is 6.04 Å². The lowest BCUT2D eigenvalue weighted by Crippen LogP contribution is -3.13. The van der Waals surface area contributed by atoms with Crippen molar-refractivity contribution in [1.29, 1.82) is 5.26 Å². The minimum absolute atomic E-state index is 0.0868. The molecule has 0 saturated carbocycles. The lowest BCUT2D eigenvalue weighted by Gasteiger charge is -2.31. The molecule has 0 aromatic carbocycles. The molecule has 3 unspecified atom stereocenters. The van der Waals surface area contributed by atoms with Gasteiger partial charge in [-0.3, -0.25) is 4.99 Å². The quantitative estimate of drug-likeness (QED) is 0.380. The largest absolute Gasteiger partial charge is 0.633 e. The van der Waals surface area contributed by atoms with E-state index in [1.54, 1.807) is 0 Å². The summed E-state index contributed by atoms with van der Waals surface area (Å²) in [5, 5.41) is 19.5. The highest BCUT2D eigenvalue weighted by Gasteiger charge is 2.29. The Kier molecular flexibility index (Phi) is 3.01. The van der Waals surface area contributed by atoms with Gasteiger partial charge in [-0.1, -0.05) is 15.9 Å². The van der Waals surface area contributed by atoms with Crippen molar-refractivity contribution in [3.05, 3.63) is 5.21 Å². The van der Waals surface area contributed by atoms with Crippen molar-refractivity contribution >= 4 is 36.5 Å². The number of nitrogens with zero attached hydrogens (tertiary/aromatic N) is 2. The van der Waals surface area contributed by atoms with Crippen LogP contribution in [0.25, 0.3) is 0 Å². The lowest BCUT2D eigenvalue weighted by molar-refractivity contribution is -0.857. The third-order valence-electron chi connectivity index (χ3n) is 1.34. The SMILES string of the molecule is N#CC1C(Br)N=C(Br)C[NH+]1[O-]. The van der Waals surface area contributed by atoms with Crippen LogP contribution in [0.2, 0.25) is 0 Å². The Balaban J connectivity index is 2.79. The van der Waals surface area contributed by atoms with Gasteiger partial charge in [-0.05, 0) is 15.9 Å². The predicted octanol–water partition coefficient (Wildman–Crippen LogP) is -0.211. The summed E-state index contributed by atoms with van der Waals surface area (Å²) in [6.45, 7) is 0.236. The first-order valence-corrected chi connectivity index (χ1v) is 4.64. The van der Waals surface area contributed by atoms with Crippen LogP contribution in [0.4, 0.5) is 0 Å². The molecule has 4 nitrogen and oxygen atoms in total. The number of nitriles is 1. The smallest absolute Gasteiger partial charge is 0.207 e. The summed E-state index contributed by atoms with van der Waals surface area (Å²) < 4.78 is 0.607. The number of quaternary nitrogens is 1. The molecule has 1 aliphatic heterocycles. The Morgan fingerprint density at radius 2 is 2.45 bits per heavy atom. The van der Waals surface area contributed by atoms with E-state index in [0.29, 0.717) is 4.62 Å². The Labute approximate surface area is 80.7 Å². The maximum atomic E-state index is 11.1. The normalized spacial score (nSPS) is 37.6. The summed E-state index contributed by atoms with van der Waals surface area (Å²) in [5.74, 6) is 0. The van der Waals surface area contributed by atoms with E-state index in [1.165, 1.54) is 0 Å². The van der Waals surface area contributed by atoms with Crippen molar-refractivity contribution in [3.63, 3.8) is 0 Å². The van der Waals surface area contributed by atoms with Crippen LogP contribution in [0.15, 0.2) is 4.99 Å². The number of hydrogen-bond donors (Lipinski definition) is 1. The zero-order valence-electron chi connectivity index (χ0n) is 5.42. The topological polar surface area (TPSA) is 63.6 Å². The van der Waals surface area contributed by atoms with Crippen LogP contribution in [0.5, 0.6) is 0 Å². The van der Waals surface area contributed by atoms with E-state index in [1.807, 2.05) is 6.07 Å². The average molecular weight is 283 g/mol. The molecule has 1 heterocycles. The Morgan fingerprint density at radius 1 is 1.82 bits per heavy atom. The third-order valence-corrected chi connectivity index (χ3v) is 2.56. The molecule has 0 fully saturated rings. The second-order valence-corrected chi connectivity index (χ2v) is 3.98. The maximum absolute atomic E-state index is 11.1. The number of hydroxylamine groups is 2. The summed E-state index contributed by atoms with van der Waals surface area (Å²) in [5.41, 5.74) is 0. The van der Waals surface area contributed by atoms with Gasteiger partial charge >= 0.3 is 0 Å². The molecular weight excluding hydrogens is 278 g/mol. The van der Waals surface area contributed by atoms with Crippen LogP contribution in [0.1, 0.15) is 0 Å². The minimum atomic E-state index is -0.628. The van der Waals surface area contributed by atoms with Crippen molar-refractivity contribution in [3.8, 4) is 6.07 Å². The summed E-state index contributed by atoms with van der Waals surface area (Å²) in [6, 6.07) is 1.27. The summed E-state index contributed by atoms with van der Waals surface area (Å²) in [4.78, 5) is 3.61. The lowest BCUT2D eigenvalue weighted by atomic mass is 10.3. The first-order chi connectivity index (χ1) is 5.15. The molecule has 0 amide bonds. The zero-order valence-corrected chi connectivity index (χ0v) is 8.59. The highest BCUT2D eigenvalue weighted by molar-refractivity contribution is 9.18. The molecule has 11 heavy (non-hydrogen) atoms.